The summed E-state index contributed by atoms with van der Waals surface area (Å²) in [5, 5.41) is 2.93. The monoisotopic (exact) mass is 247 g/mol. The van der Waals surface area contributed by atoms with Crippen molar-refractivity contribution in [2.24, 2.45) is 0 Å². The van der Waals surface area contributed by atoms with Crippen LogP contribution in [0.5, 0.6) is 0 Å². The van der Waals surface area contributed by atoms with Gasteiger partial charge in [-0.05, 0) is 24.8 Å². The Hall–Kier alpha value is -1.55. The highest BCUT2D eigenvalue weighted by molar-refractivity contribution is 5.71. The van der Waals surface area contributed by atoms with Crippen molar-refractivity contribution in [1.82, 2.24) is 5.32 Å². The van der Waals surface area contributed by atoms with Crippen LogP contribution >= 0.6 is 0 Å². The van der Waals surface area contributed by atoms with Gasteiger partial charge < -0.3 is 14.8 Å². The molecule has 0 unspecified atom stereocenters. The molecule has 1 aliphatic heterocycles. The molecular formula is C14H17NO3. The quantitative estimate of drug-likeness (QED) is 0.887. The van der Waals surface area contributed by atoms with Gasteiger partial charge in [0, 0.05) is 0 Å². The lowest BCUT2D eigenvalue weighted by molar-refractivity contribution is 0.0390. The van der Waals surface area contributed by atoms with Crippen molar-refractivity contribution in [2.75, 3.05) is 6.61 Å². The fourth-order valence-electron chi connectivity index (χ4n) is 2.84. The number of benzene rings is 1. The lowest BCUT2D eigenvalue weighted by Gasteiger charge is -2.25. The van der Waals surface area contributed by atoms with Crippen LogP contribution in [0, 0.1) is 0 Å². The minimum atomic E-state index is -0.303. The van der Waals surface area contributed by atoms with Gasteiger partial charge in [-0.25, -0.2) is 4.79 Å². The van der Waals surface area contributed by atoms with Gasteiger partial charge in [-0.1, -0.05) is 30.3 Å². The van der Waals surface area contributed by atoms with Crippen LogP contribution in [-0.2, 0) is 16.1 Å². The zero-order chi connectivity index (χ0) is 12.4. The molecule has 2 atom stereocenters. The number of rotatable bonds is 4. The third-order valence-electron chi connectivity index (χ3n) is 3.78. The van der Waals surface area contributed by atoms with Crippen LogP contribution in [0.2, 0.25) is 0 Å². The number of alkyl carbamates (subject to hydrolysis) is 1. The maximum absolute atomic E-state index is 11.3. The van der Waals surface area contributed by atoms with Gasteiger partial charge in [-0.2, -0.15) is 0 Å². The van der Waals surface area contributed by atoms with Crippen molar-refractivity contribution < 1.29 is 14.3 Å². The molecule has 1 aromatic carbocycles. The van der Waals surface area contributed by atoms with Gasteiger partial charge in [0.25, 0.3) is 0 Å². The second-order valence-corrected chi connectivity index (χ2v) is 5.05. The topological polar surface area (TPSA) is 47.6 Å². The van der Waals surface area contributed by atoms with E-state index in [1.54, 1.807) is 0 Å². The van der Waals surface area contributed by atoms with Gasteiger partial charge in [0.15, 0.2) is 0 Å². The van der Waals surface area contributed by atoms with Gasteiger partial charge in [0.1, 0.15) is 11.6 Å². The first kappa shape index (κ1) is 11.5. The molecule has 0 bridgehead atoms. The first-order valence-electron chi connectivity index (χ1n) is 6.39. The van der Waals surface area contributed by atoms with Crippen LogP contribution < -0.4 is 5.32 Å². The van der Waals surface area contributed by atoms with E-state index in [2.05, 4.69) is 5.32 Å². The standard InChI is InChI=1S/C14H17NO3/c16-13-15-14(8-4-7-12(14)18-13)10-17-9-11-5-2-1-3-6-11/h1-3,5-6,12H,4,7-10H2,(H,15,16)/t12-,14-/m1/s1. The van der Waals surface area contributed by atoms with Crippen molar-refractivity contribution in [3.05, 3.63) is 35.9 Å². The number of hydrogen-bond donors (Lipinski definition) is 1. The molecule has 18 heavy (non-hydrogen) atoms. The predicted molar refractivity (Wildman–Crippen MR) is 66.1 cm³/mol. The lowest BCUT2D eigenvalue weighted by atomic mass is 9.97. The molecule has 4 nitrogen and oxygen atoms in total. The molecule has 1 amide bonds. The zero-order valence-corrected chi connectivity index (χ0v) is 10.2. The van der Waals surface area contributed by atoms with Crippen LogP contribution in [0.25, 0.3) is 0 Å². The van der Waals surface area contributed by atoms with Crippen molar-refractivity contribution in [2.45, 2.75) is 37.5 Å². The van der Waals surface area contributed by atoms with Gasteiger partial charge in [-0.15, -0.1) is 0 Å². The maximum atomic E-state index is 11.3. The van der Waals surface area contributed by atoms with Gasteiger partial charge in [0.2, 0.25) is 0 Å². The summed E-state index contributed by atoms with van der Waals surface area (Å²) in [4.78, 5) is 11.3. The molecule has 1 aromatic rings. The summed E-state index contributed by atoms with van der Waals surface area (Å²) in [6, 6.07) is 10.0. The van der Waals surface area contributed by atoms with E-state index >= 15 is 0 Å². The average molecular weight is 247 g/mol. The number of amides is 1. The Morgan fingerprint density at radius 1 is 1.39 bits per heavy atom. The van der Waals surface area contributed by atoms with Crippen LogP contribution in [0.4, 0.5) is 4.79 Å². The summed E-state index contributed by atoms with van der Waals surface area (Å²) >= 11 is 0. The highest BCUT2D eigenvalue weighted by Crippen LogP contribution is 2.36. The summed E-state index contributed by atoms with van der Waals surface area (Å²) in [6.45, 7) is 1.10. The Kier molecular flexibility index (Phi) is 2.96. The molecule has 3 rings (SSSR count). The molecule has 1 saturated heterocycles. The molecule has 1 N–H and O–H groups in total. The molecule has 1 aliphatic carbocycles. The summed E-state index contributed by atoms with van der Waals surface area (Å²) < 4.78 is 11.0. The molecule has 0 spiro atoms. The van der Waals surface area contributed by atoms with Crippen LogP contribution in [-0.4, -0.2) is 24.3 Å². The molecule has 4 heteroatoms. The van der Waals surface area contributed by atoms with Crippen LogP contribution in [0.1, 0.15) is 24.8 Å². The molecule has 2 fully saturated rings. The molecule has 0 aromatic heterocycles. The number of ether oxygens (including phenoxy) is 2. The fourth-order valence-corrected chi connectivity index (χ4v) is 2.84. The van der Waals surface area contributed by atoms with E-state index in [1.165, 1.54) is 0 Å². The Bertz CT molecular complexity index is 434. The lowest BCUT2D eigenvalue weighted by Crippen LogP contribution is -2.49. The van der Waals surface area contributed by atoms with Crippen molar-refractivity contribution >= 4 is 6.09 Å². The predicted octanol–water partition coefficient (Wildman–Crippen LogP) is 2.23. The van der Waals surface area contributed by atoms with Crippen molar-refractivity contribution in [3.8, 4) is 0 Å². The molecule has 2 aliphatic rings. The van der Waals surface area contributed by atoms with Crippen molar-refractivity contribution in [1.29, 1.82) is 0 Å². The van der Waals surface area contributed by atoms with E-state index in [1.807, 2.05) is 30.3 Å². The normalized spacial score (nSPS) is 29.8. The Balaban J connectivity index is 1.58. The second kappa shape index (κ2) is 4.61. The fraction of sp³-hybridized carbons (Fsp3) is 0.500. The van der Waals surface area contributed by atoms with Crippen LogP contribution in [0.3, 0.4) is 0 Å². The largest absolute Gasteiger partial charge is 0.444 e. The van der Waals surface area contributed by atoms with E-state index in [9.17, 15) is 4.79 Å². The third kappa shape index (κ3) is 2.08. The highest BCUT2D eigenvalue weighted by Gasteiger charge is 2.51. The van der Waals surface area contributed by atoms with E-state index in [-0.39, 0.29) is 17.7 Å². The second-order valence-electron chi connectivity index (χ2n) is 5.05. The van der Waals surface area contributed by atoms with Crippen molar-refractivity contribution in [3.63, 3.8) is 0 Å². The van der Waals surface area contributed by atoms with E-state index < -0.39 is 0 Å². The minimum Gasteiger partial charge on any atom is -0.444 e. The first-order valence-corrected chi connectivity index (χ1v) is 6.39. The van der Waals surface area contributed by atoms with E-state index in [0.717, 1.165) is 24.8 Å². The summed E-state index contributed by atoms with van der Waals surface area (Å²) in [6.07, 6.45) is 2.65. The first-order chi connectivity index (χ1) is 8.78. The summed E-state index contributed by atoms with van der Waals surface area (Å²) in [5.74, 6) is 0. The Morgan fingerprint density at radius 3 is 3.06 bits per heavy atom. The van der Waals surface area contributed by atoms with E-state index in [4.69, 9.17) is 9.47 Å². The average Bonchev–Trinajstić information content (AvgIpc) is 2.86. The molecular weight excluding hydrogens is 230 g/mol. The molecule has 96 valence electrons. The number of hydrogen-bond acceptors (Lipinski definition) is 3. The molecule has 1 heterocycles. The van der Waals surface area contributed by atoms with Crippen LogP contribution in [0.15, 0.2) is 30.3 Å². The van der Waals surface area contributed by atoms with Gasteiger partial charge in [-0.3, -0.25) is 0 Å². The Labute approximate surface area is 106 Å². The SMILES string of the molecule is O=C1N[C@@]2(COCc3ccccc3)CCC[C@H]2O1. The summed E-state index contributed by atoms with van der Waals surface area (Å²) in [7, 11) is 0. The highest BCUT2D eigenvalue weighted by atomic mass is 16.6. The third-order valence-corrected chi connectivity index (χ3v) is 3.78. The number of carbonyl (C=O) groups excluding carboxylic acids is 1. The van der Waals surface area contributed by atoms with E-state index in [0.29, 0.717) is 13.2 Å². The summed E-state index contributed by atoms with van der Waals surface area (Å²) in [5.41, 5.74) is 0.861. The zero-order valence-electron chi connectivity index (χ0n) is 10.2. The smallest absolute Gasteiger partial charge is 0.408 e. The maximum Gasteiger partial charge on any atom is 0.408 e. The number of fused-ring (bicyclic) bond motifs is 1. The Morgan fingerprint density at radius 2 is 2.22 bits per heavy atom. The minimum absolute atomic E-state index is 0.0132. The van der Waals surface area contributed by atoms with Gasteiger partial charge in [0.05, 0.1) is 13.2 Å². The number of carbonyl (C=O) groups is 1. The molecule has 0 radical (unpaired) electrons. The number of nitrogens with one attached hydrogen (secondary N) is 1. The van der Waals surface area contributed by atoms with Gasteiger partial charge >= 0.3 is 6.09 Å². The molecule has 1 saturated carbocycles.